The third kappa shape index (κ3) is 2.34. The summed E-state index contributed by atoms with van der Waals surface area (Å²) in [4.78, 5) is 15.6. The Bertz CT molecular complexity index is 558. The lowest BCUT2D eigenvalue weighted by molar-refractivity contribution is 0.0521. The Labute approximate surface area is 105 Å². The first-order valence-corrected chi connectivity index (χ1v) is 5.62. The molecule has 18 heavy (non-hydrogen) atoms. The molecule has 0 unspecified atom stereocenters. The van der Waals surface area contributed by atoms with Crippen LogP contribution in [-0.4, -0.2) is 17.6 Å². The molecule has 0 atom stereocenters. The molecule has 0 aliphatic rings. The van der Waals surface area contributed by atoms with Crippen molar-refractivity contribution < 1.29 is 13.9 Å². The Morgan fingerprint density at radius 2 is 2.06 bits per heavy atom. The summed E-state index contributed by atoms with van der Waals surface area (Å²) in [7, 11) is 0. The molecule has 94 valence electrons. The van der Waals surface area contributed by atoms with Crippen LogP contribution < -0.4 is 5.73 Å². The van der Waals surface area contributed by atoms with Crippen LogP contribution in [0.5, 0.6) is 0 Å². The van der Waals surface area contributed by atoms with Gasteiger partial charge in [-0.2, -0.15) is 4.98 Å². The Balaban J connectivity index is 2.34. The zero-order chi connectivity index (χ0) is 13.1. The maximum atomic E-state index is 11.5. The number of ether oxygens (including phenoxy) is 1. The second kappa shape index (κ2) is 4.91. The highest BCUT2D eigenvalue weighted by molar-refractivity contribution is 5.92. The van der Waals surface area contributed by atoms with Gasteiger partial charge in [-0.25, -0.2) is 4.79 Å². The molecule has 2 N–H and O–H groups in total. The minimum absolute atomic E-state index is 0.0208. The summed E-state index contributed by atoms with van der Waals surface area (Å²) in [6.45, 7) is 3.97. The summed E-state index contributed by atoms with van der Waals surface area (Å²) in [5, 5.41) is 0. The van der Waals surface area contributed by atoms with Gasteiger partial charge in [-0.1, -0.05) is 17.7 Å². The number of hydrogen-bond donors (Lipinski definition) is 1. The number of aryl methyl sites for hydroxylation is 1. The van der Waals surface area contributed by atoms with E-state index in [4.69, 9.17) is 14.9 Å². The summed E-state index contributed by atoms with van der Waals surface area (Å²) in [6, 6.07) is 7.57. The summed E-state index contributed by atoms with van der Waals surface area (Å²) in [5.74, 6) is -0.281. The molecule has 0 fully saturated rings. The van der Waals surface area contributed by atoms with Gasteiger partial charge in [-0.05, 0) is 26.0 Å². The number of aromatic nitrogens is 1. The molecule has 0 bridgehead atoms. The van der Waals surface area contributed by atoms with E-state index < -0.39 is 5.97 Å². The van der Waals surface area contributed by atoms with Crippen LogP contribution in [0.1, 0.15) is 23.0 Å². The van der Waals surface area contributed by atoms with Gasteiger partial charge in [0.15, 0.2) is 0 Å². The SMILES string of the molecule is CCOC(=O)c1nc(-c2ccc(C)cc2)oc1N. The van der Waals surface area contributed by atoms with Gasteiger partial charge in [0.05, 0.1) is 6.61 Å². The van der Waals surface area contributed by atoms with Crippen LogP contribution in [0.25, 0.3) is 11.5 Å². The smallest absolute Gasteiger partial charge is 0.362 e. The van der Waals surface area contributed by atoms with Gasteiger partial charge in [-0.15, -0.1) is 0 Å². The van der Waals surface area contributed by atoms with Crippen LogP contribution in [0.2, 0.25) is 0 Å². The topological polar surface area (TPSA) is 78.3 Å². The van der Waals surface area contributed by atoms with E-state index in [1.165, 1.54) is 0 Å². The summed E-state index contributed by atoms with van der Waals surface area (Å²) in [5.41, 5.74) is 7.53. The Kier molecular flexibility index (Phi) is 3.32. The molecule has 1 heterocycles. The fourth-order valence-corrected chi connectivity index (χ4v) is 1.50. The zero-order valence-corrected chi connectivity index (χ0v) is 10.3. The second-order valence-electron chi connectivity index (χ2n) is 3.82. The highest BCUT2D eigenvalue weighted by Gasteiger charge is 2.19. The number of oxazole rings is 1. The first-order valence-electron chi connectivity index (χ1n) is 5.62. The van der Waals surface area contributed by atoms with Gasteiger partial charge >= 0.3 is 5.97 Å². The molecular formula is C13H14N2O3. The lowest BCUT2D eigenvalue weighted by Crippen LogP contribution is -2.07. The minimum Gasteiger partial charge on any atom is -0.461 e. The van der Waals surface area contributed by atoms with Gasteiger partial charge in [0, 0.05) is 5.56 Å². The normalized spacial score (nSPS) is 10.3. The van der Waals surface area contributed by atoms with Crippen molar-refractivity contribution in [2.24, 2.45) is 0 Å². The highest BCUT2D eigenvalue weighted by atomic mass is 16.5. The largest absolute Gasteiger partial charge is 0.461 e. The Hall–Kier alpha value is -2.30. The summed E-state index contributed by atoms with van der Waals surface area (Å²) >= 11 is 0. The molecule has 2 aromatic rings. The molecule has 5 heteroatoms. The molecule has 1 aromatic carbocycles. The van der Waals surface area contributed by atoms with Crippen LogP contribution in [0.15, 0.2) is 28.7 Å². The average Bonchev–Trinajstić information content (AvgIpc) is 2.72. The van der Waals surface area contributed by atoms with Crippen molar-refractivity contribution in [3.63, 3.8) is 0 Å². The van der Waals surface area contributed by atoms with E-state index in [0.29, 0.717) is 5.89 Å². The molecule has 0 spiro atoms. The van der Waals surface area contributed by atoms with E-state index in [1.807, 2.05) is 31.2 Å². The van der Waals surface area contributed by atoms with Crippen molar-refractivity contribution in [2.45, 2.75) is 13.8 Å². The Morgan fingerprint density at radius 3 is 2.67 bits per heavy atom. The van der Waals surface area contributed by atoms with Gasteiger partial charge in [0.2, 0.25) is 17.5 Å². The maximum Gasteiger partial charge on any atom is 0.362 e. The standard InChI is InChI=1S/C13H14N2O3/c1-3-17-13(16)10-11(14)18-12(15-10)9-6-4-8(2)5-7-9/h4-7H,3,14H2,1-2H3. The predicted molar refractivity (Wildman–Crippen MR) is 67.0 cm³/mol. The second-order valence-corrected chi connectivity index (χ2v) is 3.82. The molecule has 0 aliphatic heterocycles. The number of nitrogen functional groups attached to an aromatic ring is 1. The lowest BCUT2D eigenvalue weighted by Gasteiger charge is -1.96. The number of hydrogen-bond acceptors (Lipinski definition) is 5. The minimum atomic E-state index is -0.572. The van der Waals surface area contributed by atoms with E-state index in [0.717, 1.165) is 11.1 Å². The molecule has 0 aliphatic carbocycles. The van der Waals surface area contributed by atoms with Crippen molar-refractivity contribution in [1.82, 2.24) is 4.98 Å². The number of rotatable bonds is 3. The number of anilines is 1. The van der Waals surface area contributed by atoms with Crippen molar-refractivity contribution in [3.05, 3.63) is 35.5 Å². The number of carbonyl (C=O) groups excluding carboxylic acids is 1. The third-order valence-electron chi connectivity index (χ3n) is 2.42. The van der Waals surface area contributed by atoms with E-state index in [9.17, 15) is 4.79 Å². The van der Waals surface area contributed by atoms with Gasteiger partial charge in [0.1, 0.15) is 0 Å². The predicted octanol–water partition coefficient (Wildman–Crippen LogP) is 2.41. The fourth-order valence-electron chi connectivity index (χ4n) is 1.50. The fraction of sp³-hybridized carbons (Fsp3) is 0.231. The van der Waals surface area contributed by atoms with Crippen molar-refractivity contribution in [1.29, 1.82) is 0 Å². The monoisotopic (exact) mass is 246 g/mol. The molecule has 0 radical (unpaired) electrons. The summed E-state index contributed by atoms with van der Waals surface area (Å²) < 4.78 is 10.1. The van der Waals surface area contributed by atoms with Crippen LogP contribution in [0, 0.1) is 6.92 Å². The summed E-state index contributed by atoms with van der Waals surface area (Å²) in [6.07, 6.45) is 0. The quantitative estimate of drug-likeness (QED) is 0.841. The van der Waals surface area contributed by atoms with Crippen LogP contribution in [0.4, 0.5) is 5.88 Å². The van der Waals surface area contributed by atoms with E-state index in [1.54, 1.807) is 6.92 Å². The Morgan fingerprint density at radius 1 is 1.39 bits per heavy atom. The third-order valence-corrected chi connectivity index (χ3v) is 2.42. The molecule has 0 saturated carbocycles. The lowest BCUT2D eigenvalue weighted by atomic mass is 10.1. The molecule has 2 rings (SSSR count). The van der Waals surface area contributed by atoms with Crippen molar-refractivity contribution in [3.8, 4) is 11.5 Å². The first-order chi connectivity index (χ1) is 8.61. The highest BCUT2D eigenvalue weighted by Crippen LogP contribution is 2.24. The molecule has 0 saturated heterocycles. The maximum absolute atomic E-state index is 11.5. The van der Waals surface area contributed by atoms with E-state index in [-0.39, 0.29) is 18.2 Å². The number of benzene rings is 1. The zero-order valence-electron chi connectivity index (χ0n) is 10.3. The number of carbonyl (C=O) groups is 1. The number of nitrogens with two attached hydrogens (primary N) is 1. The van der Waals surface area contributed by atoms with Gasteiger partial charge in [0.25, 0.3) is 0 Å². The number of nitrogens with zero attached hydrogens (tertiary/aromatic N) is 1. The van der Waals surface area contributed by atoms with Gasteiger partial charge < -0.3 is 14.9 Å². The van der Waals surface area contributed by atoms with Crippen molar-refractivity contribution >= 4 is 11.9 Å². The van der Waals surface area contributed by atoms with Crippen LogP contribution in [0.3, 0.4) is 0 Å². The van der Waals surface area contributed by atoms with Crippen LogP contribution >= 0.6 is 0 Å². The van der Waals surface area contributed by atoms with Gasteiger partial charge in [-0.3, -0.25) is 0 Å². The van der Waals surface area contributed by atoms with Crippen LogP contribution in [-0.2, 0) is 4.74 Å². The molecular weight excluding hydrogens is 232 g/mol. The average molecular weight is 246 g/mol. The van der Waals surface area contributed by atoms with E-state index in [2.05, 4.69) is 4.98 Å². The van der Waals surface area contributed by atoms with Crippen molar-refractivity contribution in [2.75, 3.05) is 12.3 Å². The molecule has 5 nitrogen and oxygen atoms in total. The molecule has 0 amide bonds. The molecule has 1 aromatic heterocycles. The number of esters is 1. The first kappa shape index (κ1) is 12.2. The van der Waals surface area contributed by atoms with E-state index >= 15 is 0 Å².